The lowest BCUT2D eigenvalue weighted by Crippen LogP contribution is -1.84. The van der Waals surface area contributed by atoms with Crippen molar-refractivity contribution in [3.05, 3.63) is 12.1 Å². The number of aliphatic imine (C=N–C) groups is 1. The largest absolute Gasteiger partial charge is 0.499 e. The molecule has 0 aliphatic rings. The number of hydrogen-bond acceptors (Lipinski definition) is 3. The molecule has 3 heteroatoms. The van der Waals surface area contributed by atoms with Crippen molar-refractivity contribution in [3.63, 3.8) is 0 Å². The van der Waals surface area contributed by atoms with Crippen LogP contribution in [0.25, 0.3) is 0 Å². The highest BCUT2D eigenvalue weighted by atomic mass is 16.5. The first kappa shape index (κ1) is 9.01. The van der Waals surface area contributed by atoms with Crippen LogP contribution in [-0.4, -0.2) is 20.4 Å². The Morgan fingerprint density at radius 3 is 2.60 bits per heavy atom. The molecule has 0 amide bonds. The van der Waals surface area contributed by atoms with Crippen molar-refractivity contribution < 1.29 is 9.47 Å². The second-order valence-electron chi connectivity index (χ2n) is 1.62. The molecule has 10 heavy (non-hydrogen) atoms. The molecule has 0 rings (SSSR count). The van der Waals surface area contributed by atoms with Crippen LogP contribution in [0.3, 0.4) is 0 Å². The zero-order valence-electron chi connectivity index (χ0n) is 6.63. The van der Waals surface area contributed by atoms with Gasteiger partial charge in [-0.25, -0.2) is 4.99 Å². The van der Waals surface area contributed by atoms with E-state index in [4.69, 9.17) is 9.47 Å². The lowest BCUT2D eigenvalue weighted by Gasteiger charge is -1.96. The van der Waals surface area contributed by atoms with Crippen molar-refractivity contribution in [1.29, 1.82) is 0 Å². The van der Waals surface area contributed by atoms with E-state index in [1.165, 1.54) is 6.26 Å². The predicted octanol–water partition coefficient (Wildman–Crippen LogP) is 1.56. The third kappa shape index (κ3) is 3.95. The average molecular weight is 143 g/mol. The Balaban J connectivity index is 3.82. The van der Waals surface area contributed by atoms with Crippen molar-refractivity contribution in [1.82, 2.24) is 0 Å². The van der Waals surface area contributed by atoms with Crippen molar-refractivity contribution in [2.75, 3.05) is 14.2 Å². The summed E-state index contributed by atoms with van der Waals surface area (Å²) in [7, 11) is 3.11. The van der Waals surface area contributed by atoms with Gasteiger partial charge in [0.15, 0.2) is 0 Å². The quantitative estimate of drug-likeness (QED) is 0.441. The number of methoxy groups -OCH3 is 2. The van der Waals surface area contributed by atoms with Crippen molar-refractivity contribution in [2.45, 2.75) is 13.3 Å². The molecule has 0 aliphatic carbocycles. The number of rotatable bonds is 4. The van der Waals surface area contributed by atoms with Gasteiger partial charge in [0.2, 0.25) is 5.88 Å². The zero-order valence-corrected chi connectivity index (χ0v) is 6.63. The Labute approximate surface area is 61.4 Å². The molecule has 0 saturated carbocycles. The maximum absolute atomic E-state index is 4.83. The normalized spacial score (nSPS) is 12.1. The molecule has 0 aromatic heterocycles. The summed E-state index contributed by atoms with van der Waals surface area (Å²) in [6, 6.07) is 0. The number of hydrogen-bond donors (Lipinski definition) is 0. The summed E-state index contributed by atoms with van der Waals surface area (Å²) in [5, 5.41) is 0. The van der Waals surface area contributed by atoms with Gasteiger partial charge in [-0.1, -0.05) is 6.92 Å². The van der Waals surface area contributed by atoms with Crippen LogP contribution in [0.5, 0.6) is 0 Å². The summed E-state index contributed by atoms with van der Waals surface area (Å²) in [6.45, 7) is 2.00. The fourth-order valence-corrected chi connectivity index (χ4v) is 0.413. The van der Waals surface area contributed by atoms with Crippen LogP contribution in [0, 0.1) is 0 Å². The van der Waals surface area contributed by atoms with Crippen LogP contribution < -0.4 is 0 Å². The van der Waals surface area contributed by atoms with Crippen LogP contribution in [0.1, 0.15) is 13.3 Å². The zero-order chi connectivity index (χ0) is 7.82. The molecule has 0 radical (unpaired) electrons. The number of ether oxygens (including phenoxy) is 2. The van der Waals surface area contributed by atoms with E-state index >= 15 is 0 Å². The maximum atomic E-state index is 4.83. The summed E-state index contributed by atoms with van der Waals surface area (Å²) in [4.78, 5) is 3.94. The SMILES string of the molecule is CC/C=N\C(=C/OC)OC. The molecule has 0 fully saturated rings. The first-order chi connectivity index (χ1) is 4.85. The molecule has 0 N–H and O–H groups in total. The molecule has 58 valence electrons. The monoisotopic (exact) mass is 143 g/mol. The molecule has 0 aromatic rings. The van der Waals surface area contributed by atoms with Gasteiger partial charge in [-0.2, -0.15) is 0 Å². The highest BCUT2D eigenvalue weighted by Crippen LogP contribution is 1.95. The highest BCUT2D eigenvalue weighted by Gasteiger charge is 1.86. The Morgan fingerprint density at radius 2 is 2.20 bits per heavy atom. The van der Waals surface area contributed by atoms with E-state index in [2.05, 4.69) is 4.99 Å². The topological polar surface area (TPSA) is 30.8 Å². The van der Waals surface area contributed by atoms with E-state index in [9.17, 15) is 0 Å². The van der Waals surface area contributed by atoms with Gasteiger partial charge < -0.3 is 9.47 Å². The molecule has 0 aliphatic heterocycles. The van der Waals surface area contributed by atoms with Crippen LogP contribution in [-0.2, 0) is 9.47 Å². The molecular formula is C7H13NO2. The van der Waals surface area contributed by atoms with Crippen LogP contribution >= 0.6 is 0 Å². The fourth-order valence-electron chi connectivity index (χ4n) is 0.413. The molecule has 0 unspecified atom stereocenters. The Bertz CT molecular complexity index is 130. The van der Waals surface area contributed by atoms with Crippen LogP contribution in [0.15, 0.2) is 17.1 Å². The van der Waals surface area contributed by atoms with Crippen LogP contribution in [0.2, 0.25) is 0 Å². The van der Waals surface area contributed by atoms with Crippen molar-refractivity contribution in [3.8, 4) is 0 Å². The maximum Gasteiger partial charge on any atom is 0.248 e. The molecule has 0 atom stereocenters. The summed E-state index contributed by atoms with van der Waals surface area (Å²) < 4.78 is 9.52. The molecule has 0 aromatic carbocycles. The highest BCUT2D eigenvalue weighted by molar-refractivity contribution is 5.57. The van der Waals surface area contributed by atoms with E-state index in [1.807, 2.05) is 6.92 Å². The van der Waals surface area contributed by atoms with Gasteiger partial charge in [0.1, 0.15) is 6.26 Å². The Morgan fingerprint density at radius 1 is 1.50 bits per heavy atom. The second kappa shape index (κ2) is 6.13. The second-order valence-corrected chi connectivity index (χ2v) is 1.62. The van der Waals surface area contributed by atoms with E-state index in [1.54, 1.807) is 20.4 Å². The third-order valence-corrected chi connectivity index (χ3v) is 0.829. The minimum Gasteiger partial charge on any atom is -0.499 e. The van der Waals surface area contributed by atoms with E-state index in [0.29, 0.717) is 5.88 Å². The van der Waals surface area contributed by atoms with E-state index in [-0.39, 0.29) is 0 Å². The Hall–Kier alpha value is -0.990. The molecule has 0 bridgehead atoms. The molecule has 0 saturated heterocycles. The van der Waals surface area contributed by atoms with Gasteiger partial charge in [0.25, 0.3) is 0 Å². The van der Waals surface area contributed by atoms with E-state index < -0.39 is 0 Å². The van der Waals surface area contributed by atoms with Gasteiger partial charge >= 0.3 is 0 Å². The molecular weight excluding hydrogens is 130 g/mol. The first-order valence-corrected chi connectivity index (χ1v) is 3.14. The lowest BCUT2D eigenvalue weighted by molar-refractivity contribution is 0.247. The third-order valence-electron chi connectivity index (χ3n) is 0.829. The first-order valence-electron chi connectivity index (χ1n) is 3.14. The molecule has 0 spiro atoms. The fraction of sp³-hybridized carbons (Fsp3) is 0.571. The van der Waals surface area contributed by atoms with Gasteiger partial charge in [-0.05, 0) is 6.42 Å². The van der Waals surface area contributed by atoms with Gasteiger partial charge in [0, 0.05) is 6.21 Å². The number of nitrogens with zero attached hydrogens (tertiary/aromatic N) is 1. The lowest BCUT2D eigenvalue weighted by atomic mass is 10.5. The van der Waals surface area contributed by atoms with Gasteiger partial charge in [-0.3, -0.25) is 0 Å². The average Bonchev–Trinajstić information content (AvgIpc) is 1.98. The standard InChI is InChI=1S/C7H13NO2/c1-4-5-8-7(10-3)6-9-2/h5-6H,4H2,1-3H3/b7-6+,8-5-. The Kier molecular flexibility index (Phi) is 5.53. The minimum atomic E-state index is 0.490. The van der Waals surface area contributed by atoms with Crippen molar-refractivity contribution in [2.24, 2.45) is 4.99 Å². The molecule has 0 heterocycles. The minimum absolute atomic E-state index is 0.490. The smallest absolute Gasteiger partial charge is 0.248 e. The van der Waals surface area contributed by atoms with Gasteiger partial charge in [0.05, 0.1) is 14.2 Å². The van der Waals surface area contributed by atoms with E-state index in [0.717, 1.165) is 6.42 Å². The van der Waals surface area contributed by atoms with Crippen LogP contribution in [0.4, 0.5) is 0 Å². The summed E-state index contributed by atoms with van der Waals surface area (Å²) >= 11 is 0. The predicted molar refractivity (Wildman–Crippen MR) is 40.9 cm³/mol. The summed E-state index contributed by atoms with van der Waals surface area (Å²) in [6.07, 6.45) is 4.10. The van der Waals surface area contributed by atoms with Crippen molar-refractivity contribution >= 4 is 6.21 Å². The summed E-state index contributed by atoms with van der Waals surface area (Å²) in [5.74, 6) is 0.490. The molecule has 3 nitrogen and oxygen atoms in total. The summed E-state index contributed by atoms with van der Waals surface area (Å²) in [5.41, 5.74) is 0. The van der Waals surface area contributed by atoms with Gasteiger partial charge in [-0.15, -0.1) is 0 Å².